The number of rotatable bonds is 10. The summed E-state index contributed by atoms with van der Waals surface area (Å²) in [7, 11) is 0. The number of benzene rings is 1. The lowest BCUT2D eigenvalue weighted by Gasteiger charge is -2.30. The van der Waals surface area contributed by atoms with Gasteiger partial charge >= 0.3 is 5.97 Å². The van der Waals surface area contributed by atoms with Gasteiger partial charge in [0.05, 0.1) is 12.7 Å². The second kappa shape index (κ2) is 12.2. The lowest BCUT2D eigenvalue weighted by atomic mass is 9.87. The van der Waals surface area contributed by atoms with Gasteiger partial charge in [0.1, 0.15) is 11.9 Å². The highest BCUT2D eigenvalue weighted by Gasteiger charge is 2.36. The van der Waals surface area contributed by atoms with E-state index in [-0.39, 0.29) is 12.0 Å². The van der Waals surface area contributed by atoms with Crippen LogP contribution >= 0.6 is 0 Å². The number of ether oxygens (including phenoxy) is 2. The van der Waals surface area contributed by atoms with E-state index in [0.29, 0.717) is 19.8 Å². The third kappa shape index (κ3) is 6.07. The van der Waals surface area contributed by atoms with Crippen LogP contribution in [0.2, 0.25) is 0 Å². The zero-order valence-corrected chi connectivity index (χ0v) is 21.2. The van der Waals surface area contributed by atoms with Crippen LogP contribution in [0.3, 0.4) is 0 Å². The highest BCUT2D eigenvalue weighted by atomic mass is 16.5. The van der Waals surface area contributed by atoms with Crippen molar-refractivity contribution in [3.05, 3.63) is 58.8 Å². The molecule has 0 amide bonds. The van der Waals surface area contributed by atoms with Crippen LogP contribution in [0.15, 0.2) is 36.4 Å². The Morgan fingerprint density at radius 1 is 1.19 bits per heavy atom. The molecule has 3 aliphatic rings. The molecule has 2 aromatic rings. The number of nitrogens with zero attached hydrogens (tertiary/aromatic N) is 2. The lowest BCUT2D eigenvalue weighted by Crippen LogP contribution is -2.34. The molecule has 0 radical (unpaired) electrons. The zero-order chi connectivity index (χ0) is 24.7. The molecule has 7 nitrogen and oxygen atoms in total. The monoisotopic (exact) mass is 493 g/mol. The van der Waals surface area contributed by atoms with E-state index < -0.39 is 12.0 Å². The van der Waals surface area contributed by atoms with E-state index >= 15 is 0 Å². The van der Waals surface area contributed by atoms with Crippen LogP contribution in [0.1, 0.15) is 72.9 Å². The van der Waals surface area contributed by atoms with Gasteiger partial charge in [-0.15, -0.1) is 0 Å². The van der Waals surface area contributed by atoms with E-state index in [4.69, 9.17) is 14.5 Å². The second-order valence-corrected chi connectivity index (χ2v) is 10.4. The Balaban J connectivity index is 1.11. The summed E-state index contributed by atoms with van der Waals surface area (Å²) in [6, 6.07) is 11.8. The average Bonchev–Trinajstić information content (AvgIpc) is 3.37. The molecule has 3 atom stereocenters. The topological polar surface area (TPSA) is 83.9 Å². The van der Waals surface area contributed by atoms with Crippen LogP contribution < -0.4 is 5.32 Å². The van der Waals surface area contributed by atoms with Gasteiger partial charge in [-0.3, -0.25) is 9.69 Å². The van der Waals surface area contributed by atoms with Gasteiger partial charge < -0.3 is 19.9 Å². The molecule has 2 fully saturated rings. The van der Waals surface area contributed by atoms with Crippen molar-refractivity contribution in [1.29, 1.82) is 0 Å². The third-order valence-corrected chi connectivity index (χ3v) is 7.80. The molecule has 4 heterocycles. The minimum Gasteiger partial charge on any atom is -0.480 e. The number of pyridine rings is 1. The zero-order valence-electron chi connectivity index (χ0n) is 21.2. The number of likely N-dealkylation sites (tertiary alicyclic amines) is 1. The summed E-state index contributed by atoms with van der Waals surface area (Å²) in [5, 5.41) is 13.6. The average molecular weight is 494 g/mol. The van der Waals surface area contributed by atoms with Crippen molar-refractivity contribution in [2.45, 2.75) is 69.4 Å². The maximum absolute atomic E-state index is 12.4. The van der Waals surface area contributed by atoms with Gasteiger partial charge in [0.25, 0.3) is 0 Å². The summed E-state index contributed by atoms with van der Waals surface area (Å²) in [4.78, 5) is 19.3. The molecule has 2 saturated heterocycles. The van der Waals surface area contributed by atoms with Crippen molar-refractivity contribution in [2.24, 2.45) is 0 Å². The van der Waals surface area contributed by atoms with Crippen LogP contribution in [0, 0.1) is 0 Å². The number of hydrogen-bond donors (Lipinski definition) is 2. The Kier molecular flexibility index (Phi) is 8.51. The molecule has 1 aromatic carbocycles. The first kappa shape index (κ1) is 25.2. The van der Waals surface area contributed by atoms with E-state index in [1.165, 1.54) is 12.0 Å². The van der Waals surface area contributed by atoms with Crippen molar-refractivity contribution < 1.29 is 19.4 Å². The summed E-state index contributed by atoms with van der Waals surface area (Å²) >= 11 is 0. The van der Waals surface area contributed by atoms with E-state index in [0.717, 1.165) is 87.3 Å². The van der Waals surface area contributed by atoms with Crippen molar-refractivity contribution in [2.75, 3.05) is 44.8 Å². The maximum atomic E-state index is 12.4. The smallest absolute Gasteiger partial charge is 0.325 e. The number of nitrogens with one attached hydrogen (secondary N) is 1. The minimum atomic E-state index is -0.785. The number of hydrogen-bond acceptors (Lipinski definition) is 6. The summed E-state index contributed by atoms with van der Waals surface area (Å²) < 4.78 is 11.9. The first-order valence-corrected chi connectivity index (χ1v) is 13.7. The number of carboxylic acid groups (broad SMARTS) is 1. The Hall–Kier alpha value is -2.48. The predicted octanol–water partition coefficient (Wildman–Crippen LogP) is 4.57. The lowest BCUT2D eigenvalue weighted by molar-refractivity contribution is -0.143. The molecule has 3 unspecified atom stereocenters. The number of aryl methyl sites for hydroxylation is 2. The number of aliphatic carboxylic acids is 1. The summed E-state index contributed by atoms with van der Waals surface area (Å²) in [5.41, 5.74) is 4.50. The number of fused-ring (bicyclic) bond motifs is 1. The number of aromatic nitrogens is 1. The van der Waals surface area contributed by atoms with Crippen molar-refractivity contribution in [1.82, 2.24) is 9.88 Å². The van der Waals surface area contributed by atoms with Crippen LogP contribution in [0.25, 0.3) is 0 Å². The minimum absolute atomic E-state index is 0.0862. The largest absolute Gasteiger partial charge is 0.480 e. The van der Waals surface area contributed by atoms with Gasteiger partial charge in [-0.05, 0) is 74.1 Å². The third-order valence-electron chi connectivity index (χ3n) is 7.80. The normalized spacial score (nSPS) is 23.1. The SMILES string of the molecule is O=C(O)C(c1ccccc1C1CCCOC1)N1CCC(OCCCCc2ccc3c(n2)NCCC3)C1. The van der Waals surface area contributed by atoms with Gasteiger partial charge in [0, 0.05) is 44.5 Å². The fourth-order valence-electron chi connectivity index (χ4n) is 5.89. The summed E-state index contributed by atoms with van der Waals surface area (Å²) in [6.45, 7) is 4.59. The molecule has 5 rings (SSSR count). The molecule has 36 heavy (non-hydrogen) atoms. The first-order valence-electron chi connectivity index (χ1n) is 13.7. The number of carboxylic acids is 1. The maximum Gasteiger partial charge on any atom is 0.325 e. The van der Waals surface area contributed by atoms with Gasteiger partial charge in [-0.2, -0.15) is 0 Å². The molecular formula is C29H39N3O4. The molecule has 0 aliphatic carbocycles. The molecule has 3 aliphatic heterocycles. The highest BCUT2D eigenvalue weighted by Crippen LogP contribution is 2.35. The van der Waals surface area contributed by atoms with Gasteiger partial charge in [-0.25, -0.2) is 4.98 Å². The first-order chi connectivity index (χ1) is 17.7. The Morgan fingerprint density at radius 2 is 2.11 bits per heavy atom. The fourth-order valence-corrected chi connectivity index (χ4v) is 5.89. The van der Waals surface area contributed by atoms with E-state index in [1.54, 1.807) is 0 Å². The van der Waals surface area contributed by atoms with Crippen LogP contribution in [0.4, 0.5) is 5.82 Å². The van der Waals surface area contributed by atoms with Gasteiger partial charge in [-0.1, -0.05) is 30.3 Å². The van der Waals surface area contributed by atoms with Crippen molar-refractivity contribution in [3.8, 4) is 0 Å². The molecule has 0 saturated carbocycles. The quantitative estimate of drug-likeness (QED) is 0.469. The number of unbranched alkanes of at least 4 members (excludes halogenated alkanes) is 1. The molecular weight excluding hydrogens is 454 g/mol. The van der Waals surface area contributed by atoms with Gasteiger partial charge in [0.15, 0.2) is 0 Å². The van der Waals surface area contributed by atoms with E-state index in [2.05, 4.69) is 28.4 Å². The molecule has 1 aromatic heterocycles. The fraction of sp³-hybridized carbons (Fsp3) is 0.586. The second-order valence-electron chi connectivity index (χ2n) is 10.4. The molecule has 0 spiro atoms. The Labute approximate surface area is 214 Å². The van der Waals surface area contributed by atoms with E-state index in [1.807, 2.05) is 18.2 Å². The van der Waals surface area contributed by atoms with Gasteiger partial charge in [0.2, 0.25) is 0 Å². The molecule has 194 valence electrons. The van der Waals surface area contributed by atoms with Crippen LogP contribution in [-0.4, -0.2) is 66.5 Å². The Morgan fingerprint density at radius 3 is 2.97 bits per heavy atom. The predicted molar refractivity (Wildman–Crippen MR) is 140 cm³/mol. The van der Waals surface area contributed by atoms with Crippen LogP contribution in [-0.2, 0) is 27.1 Å². The number of carbonyl (C=O) groups is 1. The molecule has 0 bridgehead atoms. The Bertz CT molecular complexity index is 1020. The van der Waals surface area contributed by atoms with E-state index in [9.17, 15) is 9.90 Å². The molecule has 7 heteroatoms. The highest BCUT2D eigenvalue weighted by molar-refractivity contribution is 5.76. The van der Waals surface area contributed by atoms with Crippen LogP contribution in [0.5, 0.6) is 0 Å². The molecule has 2 N–H and O–H groups in total. The van der Waals surface area contributed by atoms with Crippen molar-refractivity contribution >= 4 is 11.8 Å². The van der Waals surface area contributed by atoms with Crippen molar-refractivity contribution in [3.63, 3.8) is 0 Å². The standard InChI is InChI=1S/C29H39N3O4/c33-29(34)27(26-11-2-1-10-25(26)22-8-6-17-35-20-22)32-16-14-24(19-32)36-18-4-3-9-23-13-12-21-7-5-15-30-28(21)31-23/h1-2,10-13,22,24,27H,3-9,14-20H2,(H,30,31)(H,33,34). The summed E-state index contributed by atoms with van der Waals surface area (Å²) in [6.07, 6.45) is 8.30. The summed E-state index contributed by atoms with van der Waals surface area (Å²) in [5.74, 6) is 0.547. The number of anilines is 1.